The SMILES string of the molecule is NC1c2ccccc2CCC1N1CCC(N2CCCC2)C1. The van der Waals surface area contributed by atoms with E-state index in [0.29, 0.717) is 6.04 Å². The van der Waals surface area contributed by atoms with E-state index in [4.69, 9.17) is 5.73 Å². The highest BCUT2D eigenvalue weighted by molar-refractivity contribution is 5.33. The van der Waals surface area contributed by atoms with E-state index in [1.807, 2.05) is 0 Å². The van der Waals surface area contributed by atoms with Gasteiger partial charge in [0.15, 0.2) is 0 Å². The Kier molecular flexibility index (Phi) is 3.74. The summed E-state index contributed by atoms with van der Waals surface area (Å²) in [6.07, 6.45) is 6.55. The lowest BCUT2D eigenvalue weighted by Crippen LogP contribution is -2.46. The van der Waals surface area contributed by atoms with Crippen molar-refractivity contribution >= 4 is 0 Å². The summed E-state index contributed by atoms with van der Waals surface area (Å²) in [6, 6.07) is 10.3. The normalized spacial score (nSPS) is 34.2. The van der Waals surface area contributed by atoms with Crippen LogP contribution in [0.3, 0.4) is 0 Å². The molecule has 3 heteroatoms. The first-order valence-corrected chi connectivity index (χ1v) is 8.64. The molecule has 4 rings (SSSR count). The molecule has 2 aliphatic heterocycles. The first kappa shape index (κ1) is 13.7. The van der Waals surface area contributed by atoms with E-state index in [-0.39, 0.29) is 6.04 Å². The van der Waals surface area contributed by atoms with E-state index in [1.165, 1.54) is 69.4 Å². The largest absolute Gasteiger partial charge is 0.323 e. The molecule has 0 aromatic heterocycles. The fraction of sp³-hybridized carbons (Fsp3) is 0.667. The van der Waals surface area contributed by atoms with Crippen molar-refractivity contribution in [1.29, 1.82) is 0 Å². The topological polar surface area (TPSA) is 32.5 Å². The summed E-state index contributed by atoms with van der Waals surface area (Å²) in [5, 5.41) is 0. The molecule has 2 saturated heterocycles. The predicted molar refractivity (Wildman–Crippen MR) is 86.3 cm³/mol. The molecule has 3 unspecified atom stereocenters. The first-order chi connectivity index (χ1) is 10.3. The number of likely N-dealkylation sites (tertiary alicyclic amines) is 2. The number of fused-ring (bicyclic) bond motifs is 1. The van der Waals surface area contributed by atoms with Crippen LogP contribution < -0.4 is 5.73 Å². The summed E-state index contributed by atoms with van der Waals surface area (Å²) in [7, 11) is 0. The number of hydrogen-bond donors (Lipinski definition) is 1. The Morgan fingerprint density at radius 2 is 1.76 bits per heavy atom. The Morgan fingerprint density at radius 3 is 2.62 bits per heavy atom. The van der Waals surface area contributed by atoms with Gasteiger partial charge in [-0.2, -0.15) is 0 Å². The van der Waals surface area contributed by atoms with Gasteiger partial charge in [0.2, 0.25) is 0 Å². The third-order valence-corrected chi connectivity index (χ3v) is 5.86. The van der Waals surface area contributed by atoms with E-state index in [0.717, 1.165) is 6.04 Å². The van der Waals surface area contributed by atoms with Crippen molar-refractivity contribution in [2.75, 3.05) is 26.2 Å². The predicted octanol–water partition coefficient (Wildman–Crippen LogP) is 2.17. The molecule has 2 N–H and O–H groups in total. The molecule has 1 aliphatic carbocycles. The van der Waals surface area contributed by atoms with Gasteiger partial charge < -0.3 is 5.73 Å². The highest BCUT2D eigenvalue weighted by Crippen LogP contribution is 2.33. The van der Waals surface area contributed by atoms with Crippen molar-refractivity contribution < 1.29 is 0 Å². The van der Waals surface area contributed by atoms with Crippen molar-refractivity contribution in [2.24, 2.45) is 5.73 Å². The van der Waals surface area contributed by atoms with Crippen LogP contribution in [0.25, 0.3) is 0 Å². The van der Waals surface area contributed by atoms with Gasteiger partial charge in [-0.05, 0) is 56.3 Å². The zero-order chi connectivity index (χ0) is 14.2. The molecule has 114 valence electrons. The van der Waals surface area contributed by atoms with Gasteiger partial charge in [-0.1, -0.05) is 24.3 Å². The van der Waals surface area contributed by atoms with Crippen LogP contribution in [0, 0.1) is 0 Å². The number of benzene rings is 1. The Morgan fingerprint density at radius 1 is 0.952 bits per heavy atom. The molecule has 0 bridgehead atoms. The lowest BCUT2D eigenvalue weighted by Gasteiger charge is -2.37. The van der Waals surface area contributed by atoms with Gasteiger partial charge in [-0.15, -0.1) is 0 Å². The number of nitrogens with zero attached hydrogens (tertiary/aromatic N) is 2. The minimum atomic E-state index is 0.201. The number of nitrogens with two attached hydrogens (primary N) is 1. The molecule has 0 radical (unpaired) electrons. The number of aryl methyl sites for hydroxylation is 1. The second-order valence-corrected chi connectivity index (χ2v) is 7.01. The van der Waals surface area contributed by atoms with E-state index >= 15 is 0 Å². The van der Waals surface area contributed by atoms with Gasteiger partial charge in [0.25, 0.3) is 0 Å². The van der Waals surface area contributed by atoms with E-state index in [9.17, 15) is 0 Å². The molecule has 3 nitrogen and oxygen atoms in total. The molecule has 2 heterocycles. The Bertz CT molecular complexity index is 495. The molecule has 2 fully saturated rings. The van der Waals surface area contributed by atoms with Crippen LogP contribution in [-0.4, -0.2) is 48.1 Å². The second-order valence-electron chi connectivity index (χ2n) is 7.01. The van der Waals surface area contributed by atoms with E-state index < -0.39 is 0 Å². The Hall–Kier alpha value is -0.900. The molecule has 21 heavy (non-hydrogen) atoms. The van der Waals surface area contributed by atoms with Crippen LogP contribution in [0.5, 0.6) is 0 Å². The quantitative estimate of drug-likeness (QED) is 0.904. The van der Waals surface area contributed by atoms with Crippen molar-refractivity contribution in [3.8, 4) is 0 Å². The van der Waals surface area contributed by atoms with E-state index in [1.54, 1.807) is 0 Å². The minimum Gasteiger partial charge on any atom is -0.323 e. The lowest BCUT2D eigenvalue weighted by atomic mass is 9.84. The van der Waals surface area contributed by atoms with Crippen LogP contribution in [0.4, 0.5) is 0 Å². The molecular formula is C18H27N3. The minimum absolute atomic E-state index is 0.201. The van der Waals surface area contributed by atoms with E-state index in [2.05, 4.69) is 34.1 Å². The zero-order valence-electron chi connectivity index (χ0n) is 12.9. The molecule has 3 atom stereocenters. The fourth-order valence-corrected chi connectivity index (χ4v) is 4.66. The standard InChI is InChI=1S/C18H27N3/c19-18-16-6-2-1-5-14(16)7-8-17(18)21-12-9-15(13-21)20-10-3-4-11-20/h1-2,5-6,15,17-18H,3-4,7-13,19H2. The van der Waals surface area contributed by atoms with Gasteiger partial charge in [-0.3, -0.25) is 9.80 Å². The van der Waals surface area contributed by atoms with Crippen LogP contribution in [0.1, 0.15) is 42.9 Å². The summed E-state index contributed by atoms with van der Waals surface area (Å²) in [4.78, 5) is 5.39. The summed E-state index contributed by atoms with van der Waals surface area (Å²) in [5.41, 5.74) is 9.47. The maximum absolute atomic E-state index is 6.61. The molecule has 3 aliphatic rings. The second kappa shape index (κ2) is 5.71. The lowest BCUT2D eigenvalue weighted by molar-refractivity contribution is 0.167. The molecule has 0 amide bonds. The molecule has 1 aromatic rings. The van der Waals surface area contributed by atoms with Crippen molar-refractivity contribution in [3.05, 3.63) is 35.4 Å². The average molecular weight is 285 g/mol. The monoisotopic (exact) mass is 285 g/mol. The maximum Gasteiger partial charge on any atom is 0.0455 e. The van der Waals surface area contributed by atoms with Crippen molar-refractivity contribution in [3.63, 3.8) is 0 Å². The summed E-state index contributed by atoms with van der Waals surface area (Å²) < 4.78 is 0. The van der Waals surface area contributed by atoms with Gasteiger partial charge in [0, 0.05) is 31.2 Å². The van der Waals surface area contributed by atoms with Crippen LogP contribution in [-0.2, 0) is 6.42 Å². The highest BCUT2D eigenvalue weighted by Gasteiger charge is 2.37. The van der Waals surface area contributed by atoms with Gasteiger partial charge in [-0.25, -0.2) is 0 Å². The fourth-order valence-electron chi connectivity index (χ4n) is 4.66. The molecule has 0 spiro atoms. The Labute approximate surface area is 128 Å². The third-order valence-electron chi connectivity index (χ3n) is 5.86. The number of rotatable bonds is 2. The number of hydrogen-bond acceptors (Lipinski definition) is 3. The highest BCUT2D eigenvalue weighted by atomic mass is 15.3. The summed E-state index contributed by atoms with van der Waals surface area (Å²) in [6.45, 7) is 5.11. The smallest absolute Gasteiger partial charge is 0.0455 e. The molecule has 1 aromatic carbocycles. The van der Waals surface area contributed by atoms with Gasteiger partial charge in [0.1, 0.15) is 0 Å². The van der Waals surface area contributed by atoms with Gasteiger partial charge in [0.05, 0.1) is 0 Å². The third kappa shape index (κ3) is 2.52. The molecular weight excluding hydrogens is 258 g/mol. The van der Waals surface area contributed by atoms with Crippen LogP contribution in [0.15, 0.2) is 24.3 Å². The van der Waals surface area contributed by atoms with Crippen molar-refractivity contribution in [1.82, 2.24) is 9.80 Å². The summed E-state index contributed by atoms with van der Waals surface area (Å²) in [5.74, 6) is 0. The molecule has 0 saturated carbocycles. The maximum atomic E-state index is 6.61. The summed E-state index contributed by atoms with van der Waals surface area (Å²) >= 11 is 0. The van der Waals surface area contributed by atoms with Crippen LogP contribution in [0.2, 0.25) is 0 Å². The zero-order valence-corrected chi connectivity index (χ0v) is 12.9. The first-order valence-electron chi connectivity index (χ1n) is 8.64. The van der Waals surface area contributed by atoms with Crippen molar-refractivity contribution in [2.45, 2.75) is 50.2 Å². The Balaban J connectivity index is 1.46. The van der Waals surface area contributed by atoms with Gasteiger partial charge >= 0.3 is 0 Å². The van der Waals surface area contributed by atoms with Crippen LogP contribution >= 0.6 is 0 Å². The average Bonchev–Trinajstić information content (AvgIpc) is 3.19.